The molecule has 1 fully saturated rings. The Labute approximate surface area is 207 Å². The Bertz CT molecular complexity index is 1270. The molecule has 35 heavy (non-hydrogen) atoms. The highest BCUT2D eigenvalue weighted by atomic mass is 32.2. The average Bonchev–Trinajstić information content (AvgIpc) is 3.39. The van der Waals surface area contributed by atoms with Gasteiger partial charge in [-0.25, -0.2) is 8.42 Å². The quantitative estimate of drug-likeness (QED) is 0.462. The highest BCUT2D eigenvalue weighted by Gasteiger charge is 2.24. The van der Waals surface area contributed by atoms with Crippen LogP contribution in [0, 0.1) is 6.92 Å². The fraction of sp³-hybridized carbons (Fsp3) is 0.296. The number of hydrogen-bond acceptors (Lipinski definition) is 5. The number of rotatable bonds is 9. The molecule has 1 aliphatic rings. The number of nitrogens with zero attached hydrogens (tertiary/aromatic N) is 1. The molecule has 0 radical (unpaired) electrons. The van der Waals surface area contributed by atoms with Gasteiger partial charge in [-0.05, 0) is 86.4 Å². The Morgan fingerprint density at radius 1 is 1.00 bits per heavy atom. The normalized spacial score (nSPS) is 14.9. The number of nitrogens with one attached hydrogen (secondary N) is 2. The minimum atomic E-state index is -3.83. The zero-order valence-electron chi connectivity index (χ0n) is 20.0. The zero-order chi connectivity index (χ0) is 24.8. The lowest BCUT2D eigenvalue weighted by molar-refractivity contribution is 0.0937. The van der Waals surface area contributed by atoms with E-state index < -0.39 is 10.0 Å². The summed E-state index contributed by atoms with van der Waals surface area (Å²) in [5.41, 5.74) is 2.83. The molecule has 1 amide bonds. The van der Waals surface area contributed by atoms with Crippen molar-refractivity contribution >= 4 is 21.6 Å². The first kappa shape index (κ1) is 24.8. The molecule has 3 aromatic rings. The van der Waals surface area contributed by atoms with E-state index in [0.29, 0.717) is 17.8 Å². The number of carbonyl (C=O) groups is 1. The van der Waals surface area contributed by atoms with Crippen molar-refractivity contribution in [1.29, 1.82) is 0 Å². The van der Waals surface area contributed by atoms with E-state index in [2.05, 4.69) is 14.9 Å². The van der Waals surface area contributed by atoms with Gasteiger partial charge in [0.05, 0.1) is 18.0 Å². The van der Waals surface area contributed by atoms with Crippen molar-refractivity contribution in [3.05, 3.63) is 89.5 Å². The van der Waals surface area contributed by atoms with Crippen LogP contribution in [0.25, 0.3) is 0 Å². The van der Waals surface area contributed by atoms with Gasteiger partial charge in [-0.1, -0.05) is 30.3 Å². The highest BCUT2D eigenvalue weighted by molar-refractivity contribution is 7.92. The Morgan fingerprint density at radius 3 is 2.40 bits per heavy atom. The summed E-state index contributed by atoms with van der Waals surface area (Å²) in [7, 11) is -2.19. The Kier molecular flexibility index (Phi) is 7.73. The SMILES string of the molecule is COc1ccc(C(CNC(=O)c2cccc(S(=O)(=O)Nc3cccc(C)c3)c2)N2CCCC2)cc1. The Morgan fingerprint density at radius 2 is 1.71 bits per heavy atom. The topological polar surface area (TPSA) is 87.7 Å². The lowest BCUT2D eigenvalue weighted by Crippen LogP contribution is -2.36. The molecular formula is C27H31N3O4S. The minimum absolute atomic E-state index is 0.0299. The van der Waals surface area contributed by atoms with Gasteiger partial charge in [-0.2, -0.15) is 0 Å². The summed E-state index contributed by atoms with van der Waals surface area (Å²) in [6, 6.07) is 21.2. The third-order valence-corrected chi connectivity index (χ3v) is 7.59. The van der Waals surface area contributed by atoms with E-state index in [0.717, 1.165) is 42.8 Å². The predicted molar refractivity (Wildman–Crippen MR) is 137 cm³/mol. The Balaban J connectivity index is 1.48. The van der Waals surface area contributed by atoms with Gasteiger partial charge in [0.1, 0.15) is 5.75 Å². The summed E-state index contributed by atoms with van der Waals surface area (Å²) in [6.07, 6.45) is 2.27. The monoisotopic (exact) mass is 493 g/mol. The number of hydrogen-bond donors (Lipinski definition) is 2. The summed E-state index contributed by atoms with van der Waals surface area (Å²) >= 11 is 0. The number of ether oxygens (including phenoxy) is 1. The molecule has 3 aromatic carbocycles. The second-order valence-electron chi connectivity index (χ2n) is 8.74. The van der Waals surface area contributed by atoms with Crippen LogP contribution in [0.2, 0.25) is 0 Å². The molecule has 8 heteroatoms. The summed E-state index contributed by atoms with van der Waals surface area (Å²) in [6.45, 7) is 4.27. The average molecular weight is 494 g/mol. The van der Waals surface area contributed by atoms with E-state index >= 15 is 0 Å². The lowest BCUT2D eigenvalue weighted by atomic mass is 10.0. The van der Waals surface area contributed by atoms with Crippen LogP contribution in [0.5, 0.6) is 5.75 Å². The van der Waals surface area contributed by atoms with Crippen LogP contribution in [0.15, 0.2) is 77.7 Å². The molecule has 0 spiro atoms. The molecule has 4 rings (SSSR count). The van der Waals surface area contributed by atoms with Gasteiger partial charge in [0.25, 0.3) is 15.9 Å². The number of amides is 1. The third kappa shape index (κ3) is 6.21. The maximum absolute atomic E-state index is 13.0. The molecule has 1 atom stereocenters. The van der Waals surface area contributed by atoms with E-state index in [1.807, 2.05) is 37.3 Å². The van der Waals surface area contributed by atoms with Crippen molar-refractivity contribution in [2.24, 2.45) is 0 Å². The first-order chi connectivity index (χ1) is 16.9. The molecule has 7 nitrogen and oxygen atoms in total. The van der Waals surface area contributed by atoms with Gasteiger partial charge in [-0.3, -0.25) is 14.4 Å². The molecular weight excluding hydrogens is 462 g/mol. The second-order valence-corrected chi connectivity index (χ2v) is 10.4. The van der Waals surface area contributed by atoms with Gasteiger partial charge >= 0.3 is 0 Å². The van der Waals surface area contributed by atoms with Gasteiger partial charge in [-0.15, -0.1) is 0 Å². The number of aryl methyl sites for hydroxylation is 1. The van der Waals surface area contributed by atoms with Gasteiger partial charge in [0, 0.05) is 17.8 Å². The standard InChI is InChI=1S/C27H31N3O4S/c1-20-7-5-9-23(17-20)29-35(32,33)25-10-6-8-22(18-25)27(31)28-19-26(30-15-3-4-16-30)21-11-13-24(34-2)14-12-21/h5-14,17-18,26,29H,3-4,15-16,19H2,1-2H3,(H,28,31). The molecule has 0 aromatic heterocycles. The van der Waals surface area contributed by atoms with Crippen LogP contribution in [0.1, 0.15) is 40.4 Å². The summed E-state index contributed by atoms with van der Waals surface area (Å²) in [4.78, 5) is 15.4. The number of methoxy groups -OCH3 is 1. The largest absolute Gasteiger partial charge is 0.497 e. The number of likely N-dealkylation sites (tertiary alicyclic amines) is 1. The van der Waals surface area contributed by atoms with Crippen molar-refractivity contribution in [3.63, 3.8) is 0 Å². The second kappa shape index (κ2) is 10.9. The predicted octanol–water partition coefficient (Wildman–Crippen LogP) is 4.37. The molecule has 1 saturated heterocycles. The van der Waals surface area contributed by atoms with E-state index in [1.165, 1.54) is 12.1 Å². The van der Waals surface area contributed by atoms with Crippen molar-refractivity contribution in [1.82, 2.24) is 10.2 Å². The Hall–Kier alpha value is -3.36. The fourth-order valence-corrected chi connectivity index (χ4v) is 5.45. The van der Waals surface area contributed by atoms with Crippen molar-refractivity contribution < 1.29 is 17.9 Å². The first-order valence-electron chi connectivity index (χ1n) is 11.7. The number of sulfonamides is 1. The van der Waals surface area contributed by atoms with Crippen molar-refractivity contribution in [2.75, 3.05) is 31.5 Å². The third-order valence-electron chi connectivity index (χ3n) is 6.21. The van der Waals surface area contributed by atoms with Gasteiger partial charge in [0.2, 0.25) is 0 Å². The molecule has 184 valence electrons. The summed E-state index contributed by atoms with van der Waals surface area (Å²) in [5, 5.41) is 3.01. The number of benzene rings is 3. The maximum Gasteiger partial charge on any atom is 0.261 e. The van der Waals surface area contributed by atoms with Crippen molar-refractivity contribution in [2.45, 2.75) is 30.7 Å². The van der Waals surface area contributed by atoms with Crippen molar-refractivity contribution in [3.8, 4) is 5.75 Å². The van der Waals surface area contributed by atoms with E-state index in [-0.39, 0.29) is 16.8 Å². The molecule has 2 N–H and O–H groups in total. The van der Waals surface area contributed by atoms with Crippen LogP contribution in [0.3, 0.4) is 0 Å². The van der Waals surface area contributed by atoms with Gasteiger partial charge in [0.15, 0.2) is 0 Å². The van der Waals surface area contributed by atoms with Crippen LogP contribution in [-0.2, 0) is 10.0 Å². The van der Waals surface area contributed by atoms with Gasteiger partial charge < -0.3 is 10.1 Å². The van der Waals surface area contributed by atoms with Crippen LogP contribution < -0.4 is 14.8 Å². The molecule has 0 saturated carbocycles. The zero-order valence-corrected chi connectivity index (χ0v) is 20.8. The van der Waals surface area contributed by atoms with Crippen LogP contribution >= 0.6 is 0 Å². The number of carbonyl (C=O) groups excluding carboxylic acids is 1. The fourth-order valence-electron chi connectivity index (χ4n) is 4.36. The lowest BCUT2D eigenvalue weighted by Gasteiger charge is -2.28. The van der Waals surface area contributed by atoms with E-state index in [4.69, 9.17) is 4.74 Å². The summed E-state index contributed by atoms with van der Waals surface area (Å²) in [5.74, 6) is 0.477. The maximum atomic E-state index is 13.0. The number of anilines is 1. The molecule has 1 aliphatic heterocycles. The van der Waals surface area contributed by atoms with Crippen LogP contribution in [0.4, 0.5) is 5.69 Å². The molecule has 0 aliphatic carbocycles. The molecule has 1 unspecified atom stereocenters. The van der Waals surface area contributed by atoms with E-state index in [9.17, 15) is 13.2 Å². The molecule has 0 bridgehead atoms. The summed E-state index contributed by atoms with van der Waals surface area (Å²) < 4.78 is 33.7. The van der Waals surface area contributed by atoms with E-state index in [1.54, 1.807) is 37.4 Å². The molecule has 1 heterocycles. The minimum Gasteiger partial charge on any atom is -0.497 e. The first-order valence-corrected chi connectivity index (χ1v) is 13.2. The highest BCUT2D eigenvalue weighted by Crippen LogP contribution is 2.26. The van der Waals surface area contributed by atoms with Crippen LogP contribution in [-0.4, -0.2) is 46.0 Å². The smallest absolute Gasteiger partial charge is 0.261 e.